The van der Waals surface area contributed by atoms with Gasteiger partial charge >= 0.3 is 0 Å². The molecule has 0 bridgehead atoms. The number of phenolic OH excluding ortho intramolecular Hbond substituents is 1. The number of phenols is 1. The Bertz CT molecular complexity index is 1380. The van der Waals surface area contributed by atoms with Gasteiger partial charge in [-0.25, -0.2) is 4.90 Å². The summed E-state index contributed by atoms with van der Waals surface area (Å²) in [5.41, 5.74) is -1.01. The standard InChI is InChI=1S/C21H12N4O8/c26-18-7-5-14(25(32)33)10-17(18)22-19(27)11-2-1-3-12(8-11)23-20(28)15-6-4-13(24(30)31)9-16(15)21(23)29/h1-10,26H,(H,22,27). The number of carbonyl (C=O) groups excluding carboxylic acids is 3. The fourth-order valence-electron chi connectivity index (χ4n) is 3.30. The lowest BCUT2D eigenvalue weighted by Gasteiger charge is -2.15. The molecule has 0 aliphatic carbocycles. The number of imide groups is 1. The van der Waals surface area contributed by atoms with Gasteiger partial charge in [0.2, 0.25) is 0 Å². The molecule has 0 saturated heterocycles. The van der Waals surface area contributed by atoms with Crippen LogP contribution in [0, 0.1) is 20.2 Å². The molecule has 12 nitrogen and oxygen atoms in total. The molecule has 12 heteroatoms. The van der Waals surface area contributed by atoms with E-state index in [2.05, 4.69) is 5.32 Å². The van der Waals surface area contributed by atoms with E-state index in [9.17, 15) is 39.7 Å². The van der Waals surface area contributed by atoms with Gasteiger partial charge in [0.1, 0.15) is 5.75 Å². The molecule has 0 radical (unpaired) electrons. The van der Waals surface area contributed by atoms with E-state index < -0.39 is 33.3 Å². The van der Waals surface area contributed by atoms with Gasteiger partial charge in [0.15, 0.2) is 0 Å². The number of rotatable bonds is 5. The van der Waals surface area contributed by atoms with Crippen molar-refractivity contribution >= 4 is 40.5 Å². The molecule has 4 rings (SSSR count). The SMILES string of the molecule is O=C(Nc1cc([N+](=O)[O-])ccc1O)c1cccc(N2C(=O)c3ccc([N+](=O)[O-])cc3C2=O)c1. The first-order chi connectivity index (χ1) is 15.7. The third-order valence-corrected chi connectivity index (χ3v) is 4.89. The van der Waals surface area contributed by atoms with E-state index in [4.69, 9.17) is 0 Å². The molecule has 0 unspecified atom stereocenters. The Morgan fingerprint density at radius 3 is 2.18 bits per heavy atom. The quantitative estimate of drug-likeness (QED) is 0.259. The number of nitro benzene ring substituents is 2. The van der Waals surface area contributed by atoms with Crippen molar-refractivity contribution in [1.82, 2.24) is 0 Å². The first-order valence-corrected chi connectivity index (χ1v) is 9.23. The Hall–Kier alpha value is -5.13. The van der Waals surface area contributed by atoms with Gasteiger partial charge in [0.05, 0.1) is 32.3 Å². The average molecular weight is 448 g/mol. The summed E-state index contributed by atoms with van der Waals surface area (Å²) in [6, 6.07) is 11.8. The second-order valence-electron chi connectivity index (χ2n) is 6.90. The summed E-state index contributed by atoms with van der Waals surface area (Å²) in [7, 11) is 0. The molecule has 3 aromatic carbocycles. The molecule has 33 heavy (non-hydrogen) atoms. The van der Waals surface area contributed by atoms with Crippen LogP contribution in [0.4, 0.5) is 22.7 Å². The van der Waals surface area contributed by atoms with Gasteiger partial charge < -0.3 is 10.4 Å². The van der Waals surface area contributed by atoms with Gasteiger partial charge in [-0.2, -0.15) is 0 Å². The molecular weight excluding hydrogens is 436 g/mol. The largest absolute Gasteiger partial charge is 0.506 e. The lowest BCUT2D eigenvalue weighted by Crippen LogP contribution is -2.29. The molecule has 3 amide bonds. The highest BCUT2D eigenvalue weighted by Gasteiger charge is 2.38. The second-order valence-corrected chi connectivity index (χ2v) is 6.90. The minimum atomic E-state index is -0.785. The number of non-ortho nitro benzene ring substituents is 2. The van der Waals surface area contributed by atoms with E-state index in [1.54, 1.807) is 0 Å². The number of benzene rings is 3. The van der Waals surface area contributed by atoms with Crippen molar-refractivity contribution in [1.29, 1.82) is 0 Å². The summed E-state index contributed by atoms with van der Waals surface area (Å²) < 4.78 is 0. The molecule has 0 atom stereocenters. The summed E-state index contributed by atoms with van der Waals surface area (Å²) in [6.45, 7) is 0. The van der Waals surface area contributed by atoms with E-state index in [1.165, 1.54) is 30.3 Å². The van der Waals surface area contributed by atoms with Crippen LogP contribution in [0.25, 0.3) is 0 Å². The van der Waals surface area contributed by atoms with Gasteiger partial charge in [-0.1, -0.05) is 6.07 Å². The summed E-state index contributed by atoms with van der Waals surface area (Å²) in [4.78, 5) is 59.5. The Morgan fingerprint density at radius 2 is 1.48 bits per heavy atom. The highest BCUT2D eigenvalue weighted by molar-refractivity contribution is 6.34. The van der Waals surface area contributed by atoms with Crippen molar-refractivity contribution in [3.63, 3.8) is 0 Å². The van der Waals surface area contributed by atoms with Crippen LogP contribution in [0.2, 0.25) is 0 Å². The van der Waals surface area contributed by atoms with Crippen LogP contribution in [0.3, 0.4) is 0 Å². The third kappa shape index (κ3) is 3.72. The van der Waals surface area contributed by atoms with E-state index >= 15 is 0 Å². The molecule has 3 aromatic rings. The Labute approximate surface area is 184 Å². The van der Waals surface area contributed by atoms with Crippen LogP contribution >= 0.6 is 0 Å². The lowest BCUT2D eigenvalue weighted by molar-refractivity contribution is -0.385. The Kier molecular flexibility index (Phi) is 5.02. The number of nitro groups is 2. The Balaban J connectivity index is 1.63. The van der Waals surface area contributed by atoms with Gasteiger partial charge in [0.25, 0.3) is 29.1 Å². The summed E-state index contributed by atoms with van der Waals surface area (Å²) in [6.07, 6.45) is 0. The van der Waals surface area contributed by atoms with Gasteiger partial charge in [0, 0.05) is 29.8 Å². The number of nitrogens with one attached hydrogen (secondary N) is 1. The third-order valence-electron chi connectivity index (χ3n) is 4.89. The number of anilines is 2. The van der Waals surface area contributed by atoms with Crippen molar-refractivity contribution in [2.24, 2.45) is 0 Å². The monoisotopic (exact) mass is 448 g/mol. The Morgan fingerprint density at radius 1 is 0.848 bits per heavy atom. The molecule has 1 aliphatic heterocycles. The number of carbonyl (C=O) groups is 3. The van der Waals surface area contributed by atoms with Crippen molar-refractivity contribution in [2.45, 2.75) is 0 Å². The van der Waals surface area contributed by atoms with E-state index in [1.807, 2.05) is 0 Å². The molecule has 0 aromatic heterocycles. The summed E-state index contributed by atoms with van der Waals surface area (Å²) in [5.74, 6) is -2.65. The van der Waals surface area contributed by atoms with Crippen LogP contribution < -0.4 is 10.2 Å². The summed E-state index contributed by atoms with van der Waals surface area (Å²) in [5, 5.41) is 34.1. The smallest absolute Gasteiger partial charge is 0.271 e. The molecule has 0 spiro atoms. The molecule has 1 aliphatic rings. The first-order valence-electron chi connectivity index (χ1n) is 9.23. The molecule has 1 heterocycles. The maximum atomic E-state index is 12.8. The van der Waals surface area contributed by atoms with E-state index in [-0.39, 0.29) is 39.4 Å². The predicted molar refractivity (Wildman–Crippen MR) is 113 cm³/mol. The van der Waals surface area contributed by atoms with Gasteiger partial charge in [-0.3, -0.25) is 34.6 Å². The fraction of sp³-hybridized carbons (Fsp3) is 0. The minimum Gasteiger partial charge on any atom is -0.506 e. The molecule has 0 saturated carbocycles. The zero-order valence-electron chi connectivity index (χ0n) is 16.4. The highest BCUT2D eigenvalue weighted by Crippen LogP contribution is 2.32. The molecule has 2 N–H and O–H groups in total. The van der Waals surface area contributed by atoms with Crippen molar-refractivity contribution < 1.29 is 29.3 Å². The second kappa shape index (κ2) is 7.85. The normalized spacial score (nSPS) is 12.4. The topological polar surface area (TPSA) is 173 Å². The lowest BCUT2D eigenvalue weighted by atomic mass is 10.1. The highest BCUT2D eigenvalue weighted by atomic mass is 16.6. The average Bonchev–Trinajstić information content (AvgIpc) is 3.04. The van der Waals surface area contributed by atoms with Crippen LogP contribution in [0.1, 0.15) is 31.1 Å². The molecular formula is C21H12N4O8. The number of nitrogens with zero attached hydrogens (tertiary/aromatic N) is 3. The van der Waals surface area contributed by atoms with Crippen molar-refractivity contribution in [2.75, 3.05) is 10.2 Å². The van der Waals surface area contributed by atoms with Crippen LogP contribution in [-0.2, 0) is 0 Å². The van der Waals surface area contributed by atoms with Crippen LogP contribution in [-0.4, -0.2) is 32.7 Å². The zero-order valence-corrected chi connectivity index (χ0v) is 16.4. The van der Waals surface area contributed by atoms with Crippen molar-refractivity contribution in [3.05, 3.63) is 97.6 Å². The number of hydrogen-bond donors (Lipinski definition) is 2. The van der Waals surface area contributed by atoms with Crippen LogP contribution in [0.5, 0.6) is 5.75 Å². The van der Waals surface area contributed by atoms with Crippen molar-refractivity contribution in [3.8, 4) is 5.75 Å². The zero-order chi connectivity index (χ0) is 23.9. The number of fused-ring (bicyclic) bond motifs is 1. The number of hydrogen-bond acceptors (Lipinski definition) is 8. The molecule has 164 valence electrons. The predicted octanol–water partition coefficient (Wildman–Crippen LogP) is 3.26. The maximum Gasteiger partial charge on any atom is 0.271 e. The summed E-state index contributed by atoms with van der Waals surface area (Å²) >= 11 is 0. The fourth-order valence-corrected chi connectivity index (χ4v) is 3.30. The van der Waals surface area contributed by atoms with Gasteiger partial charge in [-0.15, -0.1) is 0 Å². The van der Waals surface area contributed by atoms with E-state index in [0.717, 1.165) is 35.2 Å². The van der Waals surface area contributed by atoms with E-state index in [0.29, 0.717) is 0 Å². The maximum absolute atomic E-state index is 12.8. The van der Waals surface area contributed by atoms with Crippen LogP contribution in [0.15, 0.2) is 60.7 Å². The number of aromatic hydroxyl groups is 1. The molecule has 0 fully saturated rings. The minimum absolute atomic E-state index is 0.0121. The first kappa shape index (κ1) is 21.1. The number of amides is 3. The van der Waals surface area contributed by atoms with Gasteiger partial charge in [-0.05, 0) is 30.3 Å².